The SMILES string of the molecule is C=C(C#N)CNc1c(OC)ccc2ccc(-c3ccnc(C=O)n3)cc12.CNC1CCCN(C)C1. The van der Waals surface area contributed by atoms with Crippen LogP contribution in [0, 0.1) is 11.3 Å². The number of carbonyl (C=O) groups is 1. The third kappa shape index (κ3) is 6.85. The van der Waals surface area contributed by atoms with Gasteiger partial charge in [-0.15, -0.1) is 0 Å². The molecule has 0 saturated carbocycles. The van der Waals surface area contributed by atoms with Gasteiger partial charge in [-0.1, -0.05) is 24.8 Å². The predicted octanol–water partition coefficient (Wildman–Crippen LogP) is 3.91. The van der Waals surface area contributed by atoms with Crippen LogP contribution in [0.2, 0.25) is 0 Å². The number of piperidine rings is 1. The van der Waals surface area contributed by atoms with Gasteiger partial charge in [0, 0.05) is 41.9 Å². The number of likely N-dealkylation sites (N-methyl/N-ethyl adjacent to an activating group) is 2. The molecule has 2 N–H and O–H groups in total. The van der Waals surface area contributed by atoms with Gasteiger partial charge < -0.3 is 20.3 Å². The largest absolute Gasteiger partial charge is 0.495 e. The summed E-state index contributed by atoms with van der Waals surface area (Å²) in [5.41, 5.74) is 2.69. The molecule has 2 heterocycles. The van der Waals surface area contributed by atoms with E-state index in [0.717, 1.165) is 28.1 Å². The Balaban J connectivity index is 0.000000320. The number of fused-ring (bicyclic) bond motifs is 1. The minimum absolute atomic E-state index is 0.136. The normalized spacial score (nSPS) is 15.4. The van der Waals surface area contributed by atoms with Crippen molar-refractivity contribution in [3.63, 3.8) is 0 Å². The second-order valence-corrected chi connectivity index (χ2v) is 8.46. The molecule has 1 saturated heterocycles. The lowest BCUT2D eigenvalue weighted by molar-refractivity contribution is 0.111. The van der Waals surface area contributed by atoms with Crippen molar-refractivity contribution in [3.05, 3.63) is 60.6 Å². The van der Waals surface area contributed by atoms with E-state index in [2.05, 4.69) is 39.1 Å². The number of nitrogens with zero attached hydrogens (tertiary/aromatic N) is 4. The van der Waals surface area contributed by atoms with Crippen molar-refractivity contribution < 1.29 is 9.53 Å². The van der Waals surface area contributed by atoms with Crippen LogP contribution < -0.4 is 15.4 Å². The van der Waals surface area contributed by atoms with E-state index in [1.807, 2.05) is 43.4 Å². The van der Waals surface area contributed by atoms with Gasteiger partial charge in [-0.2, -0.15) is 5.26 Å². The molecule has 1 atom stereocenters. The Bertz CT molecular complexity index is 1220. The minimum Gasteiger partial charge on any atom is -0.495 e. The molecule has 4 rings (SSSR count). The Hall–Kier alpha value is -3.80. The van der Waals surface area contributed by atoms with Crippen LogP contribution in [-0.4, -0.2) is 68.0 Å². The fraction of sp³-hybridized carbons (Fsp3) is 0.333. The third-order valence-corrected chi connectivity index (χ3v) is 5.95. The van der Waals surface area contributed by atoms with Crippen molar-refractivity contribution in [2.75, 3.05) is 46.2 Å². The maximum atomic E-state index is 10.9. The van der Waals surface area contributed by atoms with Crippen LogP contribution in [0.15, 0.2) is 54.7 Å². The monoisotopic (exact) mass is 472 g/mol. The zero-order valence-electron chi connectivity index (χ0n) is 20.5. The van der Waals surface area contributed by atoms with E-state index in [9.17, 15) is 4.79 Å². The molecule has 8 heteroatoms. The molecule has 3 aromatic rings. The Morgan fingerprint density at radius 3 is 2.80 bits per heavy atom. The number of methoxy groups -OCH3 is 1. The average Bonchev–Trinajstić information content (AvgIpc) is 2.91. The molecule has 8 nitrogen and oxygen atoms in total. The lowest BCUT2D eigenvalue weighted by Crippen LogP contribution is -2.42. The Kier molecular flexibility index (Phi) is 9.30. The predicted molar refractivity (Wildman–Crippen MR) is 140 cm³/mol. The van der Waals surface area contributed by atoms with E-state index in [0.29, 0.717) is 29.8 Å². The number of hydrogen-bond donors (Lipinski definition) is 2. The number of rotatable bonds is 7. The molecule has 0 bridgehead atoms. The summed E-state index contributed by atoms with van der Waals surface area (Å²) in [6.45, 7) is 6.51. The van der Waals surface area contributed by atoms with E-state index < -0.39 is 0 Å². The summed E-state index contributed by atoms with van der Waals surface area (Å²) in [6.07, 6.45) is 4.87. The van der Waals surface area contributed by atoms with Gasteiger partial charge in [-0.05, 0) is 57.1 Å². The van der Waals surface area contributed by atoms with E-state index in [4.69, 9.17) is 10.00 Å². The highest BCUT2D eigenvalue weighted by atomic mass is 16.5. The highest BCUT2D eigenvalue weighted by Crippen LogP contribution is 2.35. The number of aldehydes is 1. The van der Waals surface area contributed by atoms with E-state index in [1.165, 1.54) is 25.9 Å². The number of likely N-dealkylation sites (tertiary alicyclic amines) is 1. The Morgan fingerprint density at radius 2 is 2.14 bits per heavy atom. The van der Waals surface area contributed by atoms with Crippen molar-refractivity contribution >= 4 is 22.7 Å². The minimum atomic E-state index is 0.136. The van der Waals surface area contributed by atoms with Crippen molar-refractivity contribution in [1.82, 2.24) is 20.2 Å². The van der Waals surface area contributed by atoms with Crippen molar-refractivity contribution in [2.45, 2.75) is 18.9 Å². The van der Waals surface area contributed by atoms with Gasteiger partial charge >= 0.3 is 0 Å². The molecule has 1 aromatic heterocycles. The first kappa shape index (κ1) is 25.8. The van der Waals surface area contributed by atoms with Gasteiger partial charge in [0.2, 0.25) is 0 Å². The van der Waals surface area contributed by atoms with Crippen LogP contribution in [0.1, 0.15) is 23.5 Å². The highest BCUT2D eigenvalue weighted by Gasteiger charge is 2.14. The van der Waals surface area contributed by atoms with Crippen LogP contribution in [0.3, 0.4) is 0 Å². The average molecular weight is 473 g/mol. The van der Waals surface area contributed by atoms with Crippen molar-refractivity contribution in [3.8, 4) is 23.1 Å². The molecule has 0 radical (unpaired) electrons. The fourth-order valence-corrected chi connectivity index (χ4v) is 4.04. The topological polar surface area (TPSA) is 103 Å². The summed E-state index contributed by atoms with van der Waals surface area (Å²) in [4.78, 5) is 21.4. The molecule has 2 aromatic carbocycles. The quantitative estimate of drug-likeness (QED) is 0.394. The lowest BCUT2D eigenvalue weighted by Gasteiger charge is -2.29. The maximum absolute atomic E-state index is 10.9. The smallest absolute Gasteiger partial charge is 0.193 e. The number of nitrogens with one attached hydrogen (secondary N) is 2. The summed E-state index contributed by atoms with van der Waals surface area (Å²) in [5.74, 6) is 0.800. The summed E-state index contributed by atoms with van der Waals surface area (Å²) < 4.78 is 5.45. The number of carbonyl (C=O) groups excluding carboxylic acids is 1. The third-order valence-electron chi connectivity index (χ3n) is 5.95. The second-order valence-electron chi connectivity index (χ2n) is 8.46. The number of aromatic nitrogens is 2. The Labute approximate surface area is 206 Å². The lowest BCUT2D eigenvalue weighted by atomic mass is 10.0. The molecule has 0 spiro atoms. The molecular weight excluding hydrogens is 440 g/mol. The zero-order chi connectivity index (χ0) is 25.2. The summed E-state index contributed by atoms with van der Waals surface area (Å²) in [5, 5.41) is 17.4. The van der Waals surface area contributed by atoms with E-state index >= 15 is 0 Å². The molecule has 0 amide bonds. The first-order valence-electron chi connectivity index (χ1n) is 11.6. The van der Waals surface area contributed by atoms with Crippen LogP contribution in [-0.2, 0) is 0 Å². The zero-order valence-corrected chi connectivity index (χ0v) is 20.5. The molecule has 1 aliphatic rings. The van der Waals surface area contributed by atoms with E-state index in [1.54, 1.807) is 19.4 Å². The van der Waals surface area contributed by atoms with Gasteiger partial charge in [0.05, 0.1) is 24.6 Å². The van der Waals surface area contributed by atoms with Gasteiger partial charge in [0.25, 0.3) is 0 Å². The van der Waals surface area contributed by atoms with Gasteiger partial charge in [-0.3, -0.25) is 4.79 Å². The number of nitriles is 1. The Morgan fingerprint density at radius 1 is 1.34 bits per heavy atom. The number of ether oxygens (including phenoxy) is 1. The van der Waals surface area contributed by atoms with Crippen LogP contribution in [0.4, 0.5) is 5.69 Å². The molecule has 1 fully saturated rings. The molecule has 0 aliphatic carbocycles. The highest BCUT2D eigenvalue weighted by molar-refractivity contribution is 5.99. The molecule has 182 valence electrons. The van der Waals surface area contributed by atoms with Crippen molar-refractivity contribution in [2.24, 2.45) is 0 Å². The first-order valence-corrected chi connectivity index (χ1v) is 11.6. The van der Waals surface area contributed by atoms with Gasteiger partial charge in [0.15, 0.2) is 12.1 Å². The molecule has 1 aliphatic heterocycles. The van der Waals surface area contributed by atoms with Gasteiger partial charge in [-0.25, -0.2) is 9.97 Å². The van der Waals surface area contributed by atoms with Gasteiger partial charge in [0.1, 0.15) is 5.75 Å². The molecule has 1 unspecified atom stereocenters. The van der Waals surface area contributed by atoms with Crippen LogP contribution in [0.5, 0.6) is 5.75 Å². The molecular formula is C27H32N6O2. The maximum Gasteiger partial charge on any atom is 0.193 e. The number of anilines is 1. The standard InChI is InChI=1S/C20H16N4O2.C7H16N2/c1-13(10-21)11-23-20-16-9-15(17-7-8-22-19(12-25)24-17)4-3-14(16)5-6-18(20)26-2;1-8-7-4-3-5-9(2)6-7/h3-9,12,23H,1,11H2,2H3;7-8H,3-6H2,1-2H3. The number of hydrogen-bond acceptors (Lipinski definition) is 8. The summed E-state index contributed by atoms with van der Waals surface area (Å²) in [6, 6.07) is 14.2. The fourth-order valence-electron chi connectivity index (χ4n) is 4.04. The van der Waals surface area contributed by atoms with Crippen molar-refractivity contribution in [1.29, 1.82) is 5.26 Å². The first-order chi connectivity index (χ1) is 17.0. The summed E-state index contributed by atoms with van der Waals surface area (Å²) >= 11 is 0. The van der Waals surface area contributed by atoms with Crippen LogP contribution >= 0.6 is 0 Å². The second kappa shape index (κ2) is 12.6. The summed E-state index contributed by atoms with van der Waals surface area (Å²) in [7, 11) is 5.82. The van der Waals surface area contributed by atoms with E-state index in [-0.39, 0.29) is 5.82 Å². The molecule has 35 heavy (non-hydrogen) atoms. The number of benzene rings is 2. The van der Waals surface area contributed by atoms with Crippen LogP contribution in [0.25, 0.3) is 22.0 Å².